The Kier molecular flexibility index (Phi) is 2.84. The first kappa shape index (κ1) is 11.1. The summed E-state index contributed by atoms with van der Waals surface area (Å²) in [5, 5.41) is 6.70. The second-order valence-electron chi connectivity index (χ2n) is 4.95. The van der Waals surface area contributed by atoms with E-state index in [1.54, 1.807) is 0 Å². The largest absolute Gasteiger partial charge is 0.316 e. The number of halogens is 2. The third-order valence-electron chi connectivity index (χ3n) is 3.91. The molecular weight excluding hydrogens is 222 g/mol. The van der Waals surface area contributed by atoms with Crippen molar-refractivity contribution >= 4 is 0 Å². The topological polar surface area (TPSA) is 24.1 Å². The molecule has 2 aliphatic heterocycles. The van der Waals surface area contributed by atoms with E-state index in [1.165, 1.54) is 18.2 Å². The van der Waals surface area contributed by atoms with Crippen LogP contribution in [-0.4, -0.2) is 19.1 Å². The summed E-state index contributed by atoms with van der Waals surface area (Å²) >= 11 is 0. The summed E-state index contributed by atoms with van der Waals surface area (Å²) in [6, 6.07) is 4.31. The molecule has 0 bridgehead atoms. The van der Waals surface area contributed by atoms with E-state index in [0.29, 0.717) is 12.0 Å². The predicted molar refractivity (Wildman–Crippen MR) is 61.6 cm³/mol. The molecule has 3 atom stereocenters. The highest BCUT2D eigenvalue weighted by atomic mass is 19.1. The molecule has 2 heterocycles. The second kappa shape index (κ2) is 4.35. The Hall–Kier alpha value is -1.00. The number of fused-ring (bicyclic) bond motifs is 1. The number of piperidine rings is 1. The Balaban J connectivity index is 1.86. The van der Waals surface area contributed by atoms with Crippen molar-refractivity contribution in [1.29, 1.82) is 0 Å². The lowest BCUT2D eigenvalue weighted by molar-refractivity contribution is 0.344. The molecule has 1 aromatic rings. The minimum atomic E-state index is -0.436. The summed E-state index contributed by atoms with van der Waals surface area (Å²) in [6.45, 7) is 1.94. The van der Waals surface area contributed by atoms with Crippen molar-refractivity contribution in [2.24, 2.45) is 5.92 Å². The molecule has 0 aliphatic carbocycles. The van der Waals surface area contributed by atoms with E-state index in [-0.39, 0.29) is 11.6 Å². The van der Waals surface area contributed by atoms with Gasteiger partial charge in [0.25, 0.3) is 0 Å². The maximum atomic E-state index is 13.7. The highest BCUT2D eigenvalue weighted by Gasteiger charge is 2.37. The van der Waals surface area contributed by atoms with Crippen molar-refractivity contribution in [1.82, 2.24) is 10.6 Å². The fraction of sp³-hybridized carbons (Fsp3) is 0.538. The lowest BCUT2D eigenvalue weighted by Crippen LogP contribution is -2.41. The zero-order chi connectivity index (χ0) is 11.8. The number of nitrogens with one attached hydrogen (secondary N) is 2. The quantitative estimate of drug-likeness (QED) is 0.781. The third kappa shape index (κ3) is 1.96. The van der Waals surface area contributed by atoms with Crippen LogP contribution in [0.3, 0.4) is 0 Å². The molecule has 3 rings (SSSR count). The zero-order valence-corrected chi connectivity index (χ0v) is 9.55. The fourth-order valence-electron chi connectivity index (χ4n) is 3.06. The Morgan fingerprint density at radius 1 is 1.18 bits per heavy atom. The predicted octanol–water partition coefficient (Wildman–Crippen LogP) is 1.98. The van der Waals surface area contributed by atoms with Gasteiger partial charge in [-0.05, 0) is 44.0 Å². The van der Waals surface area contributed by atoms with Crippen LogP contribution >= 0.6 is 0 Å². The standard InChI is InChI=1S/C13H16F2N2/c14-9-2-1-3-10(15)13(9)12-6-8-7-16-5-4-11(8)17-12/h1-3,8,11-12,16-17H,4-7H2. The van der Waals surface area contributed by atoms with Crippen LogP contribution in [0.15, 0.2) is 18.2 Å². The van der Waals surface area contributed by atoms with Crippen LogP contribution in [0, 0.1) is 17.6 Å². The van der Waals surface area contributed by atoms with Crippen molar-refractivity contribution in [3.63, 3.8) is 0 Å². The summed E-state index contributed by atoms with van der Waals surface area (Å²) in [7, 11) is 0. The van der Waals surface area contributed by atoms with Gasteiger partial charge in [0.15, 0.2) is 0 Å². The Bertz CT molecular complexity index is 388. The van der Waals surface area contributed by atoms with Gasteiger partial charge < -0.3 is 10.6 Å². The summed E-state index contributed by atoms with van der Waals surface area (Å²) in [5.74, 6) is -0.379. The Morgan fingerprint density at radius 3 is 2.65 bits per heavy atom. The van der Waals surface area contributed by atoms with Crippen LogP contribution in [-0.2, 0) is 0 Å². The first-order chi connectivity index (χ1) is 8.25. The minimum Gasteiger partial charge on any atom is -0.316 e. The molecule has 0 spiro atoms. The maximum absolute atomic E-state index is 13.7. The molecule has 0 aromatic heterocycles. The minimum absolute atomic E-state index is 0.175. The van der Waals surface area contributed by atoms with Crippen LogP contribution in [0.5, 0.6) is 0 Å². The Morgan fingerprint density at radius 2 is 1.94 bits per heavy atom. The van der Waals surface area contributed by atoms with E-state index in [0.717, 1.165) is 25.9 Å². The lowest BCUT2D eigenvalue weighted by Gasteiger charge is -2.25. The van der Waals surface area contributed by atoms with Gasteiger partial charge in [-0.2, -0.15) is 0 Å². The monoisotopic (exact) mass is 238 g/mol. The molecule has 3 unspecified atom stereocenters. The van der Waals surface area contributed by atoms with Crippen molar-refractivity contribution in [3.05, 3.63) is 35.4 Å². The van der Waals surface area contributed by atoms with Gasteiger partial charge in [0.05, 0.1) is 0 Å². The highest BCUT2D eigenvalue weighted by molar-refractivity contribution is 5.25. The van der Waals surface area contributed by atoms with Gasteiger partial charge in [-0.1, -0.05) is 6.07 Å². The van der Waals surface area contributed by atoms with Crippen LogP contribution < -0.4 is 10.6 Å². The second-order valence-corrected chi connectivity index (χ2v) is 4.95. The van der Waals surface area contributed by atoms with Gasteiger partial charge in [-0.25, -0.2) is 8.78 Å². The first-order valence-corrected chi connectivity index (χ1v) is 6.16. The van der Waals surface area contributed by atoms with Gasteiger partial charge >= 0.3 is 0 Å². The van der Waals surface area contributed by atoms with E-state index >= 15 is 0 Å². The molecule has 17 heavy (non-hydrogen) atoms. The van der Waals surface area contributed by atoms with E-state index in [1.807, 2.05) is 0 Å². The van der Waals surface area contributed by atoms with Crippen LogP contribution in [0.4, 0.5) is 8.78 Å². The number of benzene rings is 1. The molecule has 2 fully saturated rings. The molecule has 92 valence electrons. The molecule has 0 saturated carbocycles. The highest BCUT2D eigenvalue weighted by Crippen LogP contribution is 2.35. The Labute approximate surface area is 99.4 Å². The van der Waals surface area contributed by atoms with Crippen molar-refractivity contribution in [2.75, 3.05) is 13.1 Å². The normalized spacial score (nSPS) is 32.5. The van der Waals surface area contributed by atoms with Gasteiger partial charge in [0, 0.05) is 17.6 Å². The number of rotatable bonds is 1. The average Bonchev–Trinajstić information content (AvgIpc) is 2.71. The molecule has 0 amide bonds. The molecular formula is C13H16F2N2. The SMILES string of the molecule is Fc1cccc(F)c1C1CC2CNCCC2N1. The van der Waals surface area contributed by atoms with Gasteiger partial charge in [0.1, 0.15) is 11.6 Å². The summed E-state index contributed by atoms with van der Waals surface area (Å²) in [5.41, 5.74) is 0.210. The molecule has 1 aromatic carbocycles. The average molecular weight is 238 g/mol. The summed E-state index contributed by atoms with van der Waals surface area (Å²) in [4.78, 5) is 0. The molecule has 2 N–H and O–H groups in total. The number of hydrogen-bond acceptors (Lipinski definition) is 2. The smallest absolute Gasteiger partial charge is 0.130 e. The van der Waals surface area contributed by atoms with Crippen LogP contribution in [0.25, 0.3) is 0 Å². The summed E-state index contributed by atoms with van der Waals surface area (Å²) < 4.78 is 27.4. The van der Waals surface area contributed by atoms with E-state index in [9.17, 15) is 8.78 Å². The molecule has 2 nitrogen and oxygen atoms in total. The van der Waals surface area contributed by atoms with Gasteiger partial charge in [-0.15, -0.1) is 0 Å². The van der Waals surface area contributed by atoms with Gasteiger partial charge in [0.2, 0.25) is 0 Å². The van der Waals surface area contributed by atoms with Crippen molar-refractivity contribution in [3.8, 4) is 0 Å². The van der Waals surface area contributed by atoms with Gasteiger partial charge in [-0.3, -0.25) is 0 Å². The van der Waals surface area contributed by atoms with Crippen molar-refractivity contribution < 1.29 is 8.78 Å². The molecule has 4 heteroatoms. The van der Waals surface area contributed by atoms with Crippen LogP contribution in [0.1, 0.15) is 24.4 Å². The van der Waals surface area contributed by atoms with E-state index < -0.39 is 11.6 Å². The number of hydrogen-bond donors (Lipinski definition) is 2. The van der Waals surface area contributed by atoms with E-state index in [4.69, 9.17) is 0 Å². The lowest BCUT2D eigenvalue weighted by atomic mass is 9.92. The van der Waals surface area contributed by atoms with Crippen LogP contribution in [0.2, 0.25) is 0 Å². The zero-order valence-electron chi connectivity index (χ0n) is 9.55. The fourth-order valence-corrected chi connectivity index (χ4v) is 3.06. The molecule has 0 radical (unpaired) electrons. The van der Waals surface area contributed by atoms with Crippen molar-refractivity contribution in [2.45, 2.75) is 24.9 Å². The van der Waals surface area contributed by atoms with E-state index in [2.05, 4.69) is 10.6 Å². The maximum Gasteiger partial charge on any atom is 0.130 e. The molecule has 2 aliphatic rings. The summed E-state index contributed by atoms with van der Waals surface area (Å²) in [6.07, 6.45) is 1.85. The molecule has 2 saturated heterocycles. The first-order valence-electron chi connectivity index (χ1n) is 6.16. The third-order valence-corrected chi connectivity index (χ3v) is 3.91.